The lowest BCUT2D eigenvalue weighted by atomic mass is 10.1. The Morgan fingerprint density at radius 1 is 1.17 bits per heavy atom. The average molecular weight is 485 g/mol. The highest BCUT2D eigenvalue weighted by Gasteiger charge is 2.47. The number of piperidine rings is 1. The van der Waals surface area contributed by atoms with E-state index in [2.05, 4.69) is 26.3 Å². The number of likely N-dealkylation sites (tertiary alicyclic amines) is 1. The van der Waals surface area contributed by atoms with E-state index in [-0.39, 0.29) is 18.0 Å². The van der Waals surface area contributed by atoms with E-state index in [0.29, 0.717) is 23.1 Å². The molecule has 1 amide bonds. The highest BCUT2D eigenvalue weighted by Crippen LogP contribution is 2.40. The van der Waals surface area contributed by atoms with Gasteiger partial charge in [0.2, 0.25) is 0 Å². The van der Waals surface area contributed by atoms with Crippen molar-refractivity contribution in [2.75, 3.05) is 13.7 Å². The first-order valence-electron chi connectivity index (χ1n) is 13.0. The largest absolute Gasteiger partial charge is 0.494 e. The molecule has 36 heavy (non-hydrogen) atoms. The van der Waals surface area contributed by atoms with Gasteiger partial charge in [-0.3, -0.25) is 9.78 Å². The van der Waals surface area contributed by atoms with E-state index in [1.165, 1.54) is 18.2 Å². The summed E-state index contributed by atoms with van der Waals surface area (Å²) >= 11 is 0. The fourth-order valence-electron chi connectivity index (χ4n) is 6.48. The van der Waals surface area contributed by atoms with Crippen molar-refractivity contribution < 1.29 is 9.53 Å². The number of nitrogens with zero attached hydrogens (tertiary/aromatic N) is 5. The minimum atomic E-state index is 0.0226. The van der Waals surface area contributed by atoms with Gasteiger partial charge in [-0.2, -0.15) is 0 Å². The normalized spacial score (nSPS) is 23.3. The van der Waals surface area contributed by atoms with Crippen LogP contribution in [-0.2, 0) is 13.6 Å². The molecule has 8 heteroatoms. The Bertz CT molecular complexity index is 1530. The average Bonchev–Trinajstić information content (AvgIpc) is 3.28. The van der Waals surface area contributed by atoms with E-state index in [1.54, 1.807) is 7.11 Å². The molecule has 186 valence electrons. The first-order chi connectivity index (χ1) is 17.4. The van der Waals surface area contributed by atoms with Crippen LogP contribution in [0.15, 0.2) is 30.5 Å². The number of benzene rings is 1. The number of carbonyl (C=O) groups is 1. The van der Waals surface area contributed by atoms with Crippen molar-refractivity contribution in [3.63, 3.8) is 0 Å². The molecule has 2 aliphatic carbocycles. The maximum absolute atomic E-state index is 13.6. The van der Waals surface area contributed by atoms with E-state index >= 15 is 0 Å². The summed E-state index contributed by atoms with van der Waals surface area (Å²) in [5, 5.41) is 1.17. The van der Waals surface area contributed by atoms with Crippen molar-refractivity contribution >= 4 is 27.8 Å². The molecule has 4 heterocycles. The van der Waals surface area contributed by atoms with Gasteiger partial charge in [-0.05, 0) is 68.7 Å². The van der Waals surface area contributed by atoms with E-state index in [0.717, 1.165) is 59.7 Å². The van der Waals surface area contributed by atoms with Gasteiger partial charge < -0.3 is 24.5 Å². The lowest BCUT2D eigenvalue weighted by Gasteiger charge is -2.27. The monoisotopic (exact) mass is 484 g/mol. The van der Waals surface area contributed by atoms with Crippen LogP contribution in [0.1, 0.15) is 41.7 Å². The Kier molecular flexibility index (Phi) is 4.74. The molecule has 2 bridgehead atoms. The quantitative estimate of drug-likeness (QED) is 0.464. The van der Waals surface area contributed by atoms with Gasteiger partial charge >= 0.3 is 0 Å². The number of nitrogens with two attached hydrogens (primary N) is 1. The number of amides is 1. The van der Waals surface area contributed by atoms with Crippen molar-refractivity contribution in [1.82, 2.24) is 24.0 Å². The summed E-state index contributed by atoms with van der Waals surface area (Å²) in [5.41, 5.74) is 11.9. The number of imidazole rings is 1. The number of fused-ring (bicyclic) bond motifs is 4. The summed E-state index contributed by atoms with van der Waals surface area (Å²) in [7, 11) is 3.68. The fraction of sp³-hybridized carbons (Fsp3) is 0.464. The fourth-order valence-corrected chi connectivity index (χ4v) is 6.48. The van der Waals surface area contributed by atoms with Gasteiger partial charge in [0, 0.05) is 48.9 Å². The van der Waals surface area contributed by atoms with Crippen LogP contribution in [0.2, 0.25) is 0 Å². The van der Waals surface area contributed by atoms with Gasteiger partial charge in [-0.1, -0.05) is 0 Å². The number of hydrogen-bond acceptors (Lipinski definition) is 5. The van der Waals surface area contributed by atoms with Gasteiger partial charge in [-0.15, -0.1) is 0 Å². The number of pyridine rings is 1. The number of ether oxygens (including phenoxy) is 1. The zero-order valence-electron chi connectivity index (χ0n) is 21.1. The number of aromatic nitrogens is 4. The van der Waals surface area contributed by atoms with E-state index in [9.17, 15) is 4.79 Å². The van der Waals surface area contributed by atoms with Gasteiger partial charge in [0.1, 0.15) is 11.3 Å². The summed E-state index contributed by atoms with van der Waals surface area (Å²) < 4.78 is 10.3. The molecule has 0 radical (unpaired) electrons. The van der Waals surface area contributed by atoms with Gasteiger partial charge in [0.25, 0.3) is 5.91 Å². The predicted molar refractivity (Wildman–Crippen MR) is 139 cm³/mol. The highest BCUT2D eigenvalue weighted by atomic mass is 16.5. The molecule has 3 aromatic heterocycles. The maximum atomic E-state index is 13.6. The Balaban J connectivity index is 1.35. The topological polar surface area (TPSA) is 91.2 Å². The molecule has 3 fully saturated rings. The van der Waals surface area contributed by atoms with Crippen LogP contribution >= 0.6 is 0 Å². The Morgan fingerprint density at radius 3 is 2.69 bits per heavy atom. The van der Waals surface area contributed by atoms with Crippen molar-refractivity contribution in [3.8, 4) is 17.3 Å². The Hall–Kier alpha value is -3.39. The molecule has 3 aliphatic rings. The third kappa shape index (κ3) is 3.20. The molecule has 4 aromatic rings. The molecule has 0 spiro atoms. The number of rotatable bonds is 5. The smallest absolute Gasteiger partial charge is 0.254 e. The summed E-state index contributed by atoms with van der Waals surface area (Å²) in [4.78, 5) is 25.2. The van der Waals surface area contributed by atoms with Gasteiger partial charge in [0.05, 0.1) is 30.0 Å². The van der Waals surface area contributed by atoms with Crippen LogP contribution in [0.4, 0.5) is 0 Å². The number of aryl methyl sites for hydroxylation is 2. The standard InChI is InChI=1S/C28H32N6O2/c1-15-8-18-10-22(33(13-16-4-5-16)23(18)12-30-15)27-31-20-9-19(11-24(36-3)26(20)32(27)2)28(35)34-14-17-6-7-21(34)25(17)29/h8-12,16-17,21,25H,4-7,13-14,29H2,1-3H3/t17-,21-,25-/m1/s1. The minimum absolute atomic E-state index is 0.0226. The molecular formula is C28H32N6O2. The van der Waals surface area contributed by atoms with Crippen LogP contribution in [0.25, 0.3) is 33.5 Å². The zero-order valence-corrected chi connectivity index (χ0v) is 21.1. The summed E-state index contributed by atoms with van der Waals surface area (Å²) in [5.74, 6) is 2.67. The number of carbonyl (C=O) groups excluding carboxylic acids is 1. The van der Waals surface area contributed by atoms with Gasteiger partial charge in [0.15, 0.2) is 5.82 Å². The summed E-state index contributed by atoms with van der Waals surface area (Å²) in [6, 6.07) is 8.36. The molecule has 2 saturated carbocycles. The SMILES string of the molecule is COc1cc(C(=O)N2C[C@H]3CC[C@@H]2[C@@H]3N)cc2nc(-c3cc4cc(C)ncc4n3CC3CC3)n(C)c12. The number of methoxy groups -OCH3 is 1. The minimum Gasteiger partial charge on any atom is -0.494 e. The van der Waals surface area contributed by atoms with Crippen molar-refractivity contribution in [1.29, 1.82) is 0 Å². The molecule has 8 nitrogen and oxygen atoms in total. The second-order valence-corrected chi connectivity index (χ2v) is 10.9. The number of hydrogen-bond donors (Lipinski definition) is 1. The summed E-state index contributed by atoms with van der Waals surface area (Å²) in [6.45, 7) is 3.73. The van der Waals surface area contributed by atoms with Crippen molar-refractivity contribution in [2.24, 2.45) is 24.6 Å². The van der Waals surface area contributed by atoms with Crippen LogP contribution < -0.4 is 10.5 Å². The molecule has 7 rings (SSSR count). The van der Waals surface area contributed by atoms with Crippen LogP contribution in [0, 0.1) is 18.8 Å². The Labute approximate surface area is 210 Å². The van der Waals surface area contributed by atoms with Crippen LogP contribution in [0.3, 0.4) is 0 Å². The van der Waals surface area contributed by atoms with Crippen LogP contribution in [0.5, 0.6) is 5.75 Å². The molecule has 1 aromatic carbocycles. The van der Waals surface area contributed by atoms with Crippen molar-refractivity contribution in [2.45, 2.75) is 51.2 Å². The molecule has 3 atom stereocenters. The predicted octanol–water partition coefficient (Wildman–Crippen LogP) is 3.88. The molecule has 2 N–H and O–H groups in total. The van der Waals surface area contributed by atoms with E-state index in [4.69, 9.17) is 15.5 Å². The van der Waals surface area contributed by atoms with Crippen molar-refractivity contribution in [3.05, 3.63) is 41.7 Å². The Morgan fingerprint density at radius 2 is 2.00 bits per heavy atom. The van der Waals surface area contributed by atoms with E-state index < -0.39 is 0 Å². The molecule has 1 saturated heterocycles. The molecular weight excluding hydrogens is 452 g/mol. The van der Waals surface area contributed by atoms with Gasteiger partial charge in [-0.25, -0.2) is 4.98 Å². The lowest BCUT2D eigenvalue weighted by Crippen LogP contribution is -2.41. The lowest BCUT2D eigenvalue weighted by molar-refractivity contribution is 0.0700. The first-order valence-corrected chi connectivity index (χ1v) is 13.0. The molecule has 1 aliphatic heterocycles. The maximum Gasteiger partial charge on any atom is 0.254 e. The zero-order chi connectivity index (χ0) is 24.7. The van der Waals surface area contributed by atoms with E-state index in [1.807, 2.05) is 37.2 Å². The summed E-state index contributed by atoms with van der Waals surface area (Å²) in [6.07, 6.45) is 6.62. The second-order valence-electron chi connectivity index (χ2n) is 10.9. The van der Waals surface area contributed by atoms with Crippen LogP contribution in [-0.4, -0.2) is 55.6 Å². The third-order valence-corrected chi connectivity index (χ3v) is 8.61. The second kappa shape index (κ2) is 7.80. The highest BCUT2D eigenvalue weighted by molar-refractivity contribution is 6.00. The third-order valence-electron chi connectivity index (χ3n) is 8.61. The molecule has 0 unspecified atom stereocenters. The first kappa shape index (κ1) is 21.9.